The van der Waals surface area contributed by atoms with Crippen LogP contribution in [0.15, 0.2) is 35.1 Å². The maximum absolute atomic E-state index is 12.1. The van der Waals surface area contributed by atoms with Crippen LogP contribution in [0.5, 0.6) is 17.5 Å². The van der Waals surface area contributed by atoms with E-state index in [1.807, 2.05) is 0 Å². The number of aromatic nitrogens is 2. The largest absolute Gasteiger partial charge is 0.573 e. The van der Waals surface area contributed by atoms with E-state index in [9.17, 15) is 13.2 Å². The van der Waals surface area contributed by atoms with Gasteiger partial charge in [-0.25, -0.2) is 9.97 Å². The topological polar surface area (TPSA) is 64.5 Å². The van der Waals surface area contributed by atoms with E-state index in [0.29, 0.717) is 5.56 Å². The molecule has 0 atom stereocenters. The molecule has 2 aromatic rings. The van der Waals surface area contributed by atoms with Gasteiger partial charge in [-0.3, -0.25) is 0 Å². The molecule has 0 fully saturated rings. The molecule has 1 aromatic heterocycles. The summed E-state index contributed by atoms with van der Waals surface area (Å²) < 4.78 is 45.5. The fraction of sp³-hybridized carbons (Fsp3) is 0.167. The average molecular weight is 365 g/mol. The lowest BCUT2D eigenvalue weighted by atomic mass is 10.3. The van der Waals surface area contributed by atoms with Crippen LogP contribution in [-0.2, 0) is 6.61 Å². The summed E-state index contributed by atoms with van der Waals surface area (Å²) in [5, 5.41) is 8.85. The molecule has 0 aliphatic carbocycles. The van der Waals surface area contributed by atoms with Crippen LogP contribution in [0.3, 0.4) is 0 Å². The van der Waals surface area contributed by atoms with Crippen LogP contribution in [0.2, 0.25) is 0 Å². The van der Waals surface area contributed by atoms with Crippen LogP contribution in [0.4, 0.5) is 13.2 Å². The number of halogens is 4. The fourth-order valence-electron chi connectivity index (χ4n) is 1.34. The quantitative estimate of drug-likeness (QED) is 0.900. The predicted molar refractivity (Wildman–Crippen MR) is 68.9 cm³/mol. The molecule has 0 saturated heterocycles. The molecule has 2 rings (SSSR count). The lowest BCUT2D eigenvalue weighted by Crippen LogP contribution is -2.17. The van der Waals surface area contributed by atoms with Crippen molar-refractivity contribution in [3.05, 3.63) is 40.6 Å². The van der Waals surface area contributed by atoms with Gasteiger partial charge >= 0.3 is 12.4 Å². The Hall–Kier alpha value is -1.87. The van der Waals surface area contributed by atoms with E-state index in [2.05, 4.69) is 30.6 Å². The smallest absolute Gasteiger partial charge is 0.424 e. The maximum atomic E-state index is 12.1. The number of aliphatic hydroxyl groups is 1. The molecule has 0 bridgehead atoms. The number of nitrogens with zero attached hydrogens (tertiary/aromatic N) is 2. The van der Waals surface area contributed by atoms with Crippen LogP contribution >= 0.6 is 15.9 Å². The first kappa shape index (κ1) is 15.5. The Balaban J connectivity index is 2.12. The molecule has 0 saturated carbocycles. The zero-order valence-electron chi connectivity index (χ0n) is 10.3. The van der Waals surface area contributed by atoms with Crippen molar-refractivity contribution in [2.45, 2.75) is 13.0 Å². The number of rotatable bonds is 4. The number of hydrogen-bond acceptors (Lipinski definition) is 5. The van der Waals surface area contributed by atoms with Gasteiger partial charge in [0.15, 0.2) is 0 Å². The summed E-state index contributed by atoms with van der Waals surface area (Å²) in [5.41, 5.74) is 0.512. The molecular formula is C12H8BrF3N2O3. The monoisotopic (exact) mass is 364 g/mol. The molecule has 112 valence electrons. The van der Waals surface area contributed by atoms with Crippen molar-refractivity contribution in [1.29, 1.82) is 0 Å². The molecule has 9 heteroatoms. The number of hydrogen-bond donors (Lipinski definition) is 1. The molecule has 21 heavy (non-hydrogen) atoms. The SMILES string of the molecule is OCc1cnc(Oc2ccc(OC(F)(F)F)c(Br)c2)nc1. The highest BCUT2D eigenvalue weighted by molar-refractivity contribution is 9.10. The summed E-state index contributed by atoms with van der Waals surface area (Å²) in [5.74, 6) is -0.153. The predicted octanol–water partition coefficient (Wildman–Crippen LogP) is 3.42. The number of alkyl halides is 3. The molecule has 0 amide bonds. The minimum atomic E-state index is -4.77. The van der Waals surface area contributed by atoms with Gasteiger partial charge in [-0.2, -0.15) is 0 Å². The Morgan fingerprint density at radius 2 is 1.86 bits per heavy atom. The second kappa shape index (κ2) is 6.27. The van der Waals surface area contributed by atoms with E-state index >= 15 is 0 Å². The highest BCUT2D eigenvalue weighted by Gasteiger charge is 2.32. The van der Waals surface area contributed by atoms with Crippen molar-refractivity contribution in [2.24, 2.45) is 0 Å². The third kappa shape index (κ3) is 4.57. The Morgan fingerprint density at radius 1 is 1.19 bits per heavy atom. The Kier molecular flexibility index (Phi) is 4.63. The number of benzene rings is 1. The van der Waals surface area contributed by atoms with Crippen LogP contribution in [0.25, 0.3) is 0 Å². The van der Waals surface area contributed by atoms with Gasteiger partial charge in [0.2, 0.25) is 0 Å². The van der Waals surface area contributed by atoms with Gasteiger partial charge in [0, 0.05) is 18.0 Å². The normalized spacial score (nSPS) is 11.3. The summed E-state index contributed by atoms with van der Waals surface area (Å²) >= 11 is 2.96. The van der Waals surface area contributed by atoms with Gasteiger partial charge in [-0.15, -0.1) is 13.2 Å². The van der Waals surface area contributed by atoms with Gasteiger partial charge in [-0.05, 0) is 34.1 Å². The van der Waals surface area contributed by atoms with Gasteiger partial charge in [0.1, 0.15) is 11.5 Å². The van der Waals surface area contributed by atoms with E-state index in [0.717, 1.165) is 6.07 Å². The minimum absolute atomic E-state index is 0.00332. The second-order valence-corrected chi connectivity index (χ2v) is 4.63. The van der Waals surface area contributed by atoms with Crippen molar-refractivity contribution in [3.63, 3.8) is 0 Å². The second-order valence-electron chi connectivity index (χ2n) is 3.77. The highest BCUT2D eigenvalue weighted by Crippen LogP contribution is 2.34. The van der Waals surface area contributed by atoms with E-state index in [4.69, 9.17) is 9.84 Å². The number of ether oxygens (including phenoxy) is 2. The molecule has 0 aliphatic heterocycles. The average Bonchev–Trinajstić information content (AvgIpc) is 2.41. The van der Waals surface area contributed by atoms with Gasteiger partial charge in [-0.1, -0.05) is 0 Å². The van der Waals surface area contributed by atoms with Gasteiger partial charge in [0.25, 0.3) is 0 Å². The standard InChI is InChI=1S/C12H8BrF3N2O3/c13-9-3-8(1-2-10(9)21-12(14,15)16)20-11-17-4-7(6-19)5-18-11/h1-5,19H,6H2. The summed E-state index contributed by atoms with van der Waals surface area (Å²) in [4.78, 5) is 7.67. The molecule has 1 heterocycles. The van der Waals surface area contributed by atoms with Crippen molar-refractivity contribution in [3.8, 4) is 17.5 Å². The molecule has 1 aromatic carbocycles. The first-order chi connectivity index (χ1) is 9.87. The molecule has 0 radical (unpaired) electrons. The Morgan fingerprint density at radius 3 is 2.38 bits per heavy atom. The van der Waals surface area contributed by atoms with Crippen molar-refractivity contribution in [1.82, 2.24) is 9.97 Å². The fourth-order valence-corrected chi connectivity index (χ4v) is 1.77. The van der Waals surface area contributed by atoms with Crippen molar-refractivity contribution < 1.29 is 27.8 Å². The number of aliphatic hydroxyl groups excluding tert-OH is 1. The highest BCUT2D eigenvalue weighted by atomic mass is 79.9. The molecular weight excluding hydrogens is 357 g/mol. The lowest BCUT2D eigenvalue weighted by molar-refractivity contribution is -0.274. The molecule has 0 aliphatic rings. The zero-order chi connectivity index (χ0) is 15.5. The van der Waals surface area contributed by atoms with E-state index in [-0.39, 0.29) is 28.6 Å². The van der Waals surface area contributed by atoms with E-state index in [1.54, 1.807) is 0 Å². The lowest BCUT2D eigenvalue weighted by Gasteiger charge is -2.11. The summed E-state index contributed by atoms with van der Waals surface area (Å²) in [6.45, 7) is -0.199. The molecule has 5 nitrogen and oxygen atoms in total. The van der Waals surface area contributed by atoms with Crippen LogP contribution in [0, 0.1) is 0 Å². The van der Waals surface area contributed by atoms with Crippen LogP contribution in [-0.4, -0.2) is 21.4 Å². The van der Waals surface area contributed by atoms with Crippen LogP contribution in [0.1, 0.15) is 5.56 Å². The molecule has 1 N–H and O–H groups in total. The molecule has 0 spiro atoms. The van der Waals surface area contributed by atoms with Crippen LogP contribution < -0.4 is 9.47 Å². The zero-order valence-corrected chi connectivity index (χ0v) is 11.8. The summed E-state index contributed by atoms with van der Waals surface area (Å²) in [6.07, 6.45) is -2.02. The van der Waals surface area contributed by atoms with Crippen molar-refractivity contribution >= 4 is 15.9 Å². The summed E-state index contributed by atoms with van der Waals surface area (Å²) in [6, 6.07) is 3.69. The van der Waals surface area contributed by atoms with E-state index < -0.39 is 6.36 Å². The first-order valence-corrected chi connectivity index (χ1v) is 6.31. The Bertz CT molecular complexity index is 620. The third-order valence-electron chi connectivity index (χ3n) is 2.20. The van der Waals surface area contributed by atoms with E-state index in [1.165, 1.54) is 24.5 Å². The van der Waals surface area contributed by atoms with Gasteiger partial charge < -0.3 is 14.6 Å². The minimum Gasteiger partial charge on any atom is -0.424 e. The Labute approximate surface area is 125 Å². The van der Waals surface area contributed by atoms with Crippen molar-refractivity contribution in [2.75, 3.05) is 0 Å². The molecule has 0 unspecified atom stereocenters. The van der Waals surface area contributed by atoms with Gasteiger partial charge in [0.05, 0.1) is 11.1 Å². The first-order valence-electron chi connectivity index (χ1n) is 5.52. The third-order valence-corrected chi connectivity index (χ3v) is 2.82. The maximum Gasteiger partial charge on any atom is 0.573 e. The summed E-state index contributed by atoms with van der Waals surface area (Å²) in [7, 11) is 0.